The summed E-state index contributed by atoms with van der Waals surface area (Å²) in [5, 5.41) is 9.85. The van der Waals surface area contributed by atoms with Gasteiger partial charge in [-0.2, -0.15) is 0 Å². The van der Waals surface area contributed by atoms with Crippen LogP contribution in [0.1, 0.15) is 31.0 Å². The Kier molecular flexibility index (Phi) is 6.53. The van der Waals surface area contributed by atoms with Crippen molar-refractivity contribution in [2.24, 2.45) is 4.99 Å². The third kappa shape index (κ3) is 4.38. The number of rotatable bonds is 5. The van der Waals surface area contributed by atoms with Gasteiger partial charge in [0.2, 0.25) is 0 Å². The summed E-state index contributed by atoms with van der Waals surface area (Å²) < 4.78 is 13.3. The number of aromatic hydroxyl groups is 1. The van der Waals surface area contributed by atoms with Gasteiger partial charge < -0.3 is 14.6 Å². The van der Waals surface area contributed by atoms with Crippen LogP contribution in [0.3, 0.4) is 0 Å². The van der Waals surface area contributed by atoms with Crippen molar-refractivity contribution in [1.82, 2.24) is 4.57 Å². The fraction of sp³-hybridized carbons (Fsp3) is 0.208. The Bertz CT molecular complexity index is 1440. The molecule has 1 atom stereocenters. The molecule has 33 heavy (non-hydrogen) atoms. The molecule has 0 fully saturated rings. The molecule has 2 aromatic carbocycles. The van der Waals surface area contributed by atoms with Crippen molar-refractivity contribution in [3.8, 4) is 11.5 Å². The largest absolute Gasteiger partial charge is 0.504 e. The third-order valence-corrected chi connectivity index (χ3v) is 6.72. The average molecular weight is 529 g/mol. The number of nitrogens with zero attached hydrogens (tertiary/aromatic N) is 2. The van der Waals surface area contributed by atoms with Crippen LogP contribution >= 0.6 is 27.3 Å². The molecule has 0 spiro atoms. The number of hydrogen-bond donors (Lipinski definition) is 1. The van der Waals surface area contributed by atoms with Crippen LogP contribution in [0, 0.1) is 0 Å². The highest BCUT2D eigenvalue weighted by Gasteiger charge is 2.33. The average Bonchev–Trinajstić information content (AvgIpc) is 3.09. The van der Waals surface area contributed by atoms with Gasteiger partial charge in [0.1, 0.15) is 0 Å². The topological polar surface area (TPSA) is 90.1 Å². The van der Waals surface area contributed by atoms with Crippen LogP contribution in [0.5, 0.6) is 11.5 Å². The van der Waals surface area contributed by atoms with E-state index in [1.54, 1.807) is 32.1 Å². The Labute approximate surface area is 202 Å². The van der Waals surface area contributed by atoms with E-state index in [0.717, 1.165) is 10.0 Å². The van der Waals surface area contributed by atoms with Gasteiger partial charge in [0.05, 0.1) is 35.6 Å². The first-order chi connectivity index (χ1) is 15.8. The molecule has 2 heterocycles. The molecule has 9 heteroatoms. The number of benzene rings is 2. The Morgan fingerprint density at radius 3 is 2.67 bits per heavy atom. The van der Waals surface area contributed by atoms with Gasteiger partial charge in [-0.3, -0.25) is 9.36 Å². The number of fused-ring (bicyclic) bond motifs is 1. The molecular weight excluding hydrogens is 508 g/mol. The van der Waals surface area contributed by atoms with E-state index in [-0.39, 0.29) is 17.9 Å². The Balaban J connectivity index is 1.94. The molecule has 0 unspecified atom stereocenters. The number of thiazole rings is 1. The summed E-state index contributed by atoms with van der Waals surface area (Å²) in [5.41, 5.74) is 2.05. The molecule has 0 amide bonds. The number of halogens is 1. The molecular formula is C24H21BrN2O5S. The van der Waals surface area contributed by atoms with E-state index in [1.165, 1.54) is 29.1 Å². The number of allylic oxidation sites excluding steroid dienone is 1. The minimum Gasteiger partial charge on any atom is -0.504 e. The molecule has 170 valence electrons. The molecule has 0 bridgehead atoms. The van der Waals surface area contributed by atoms with Crippen LogP contribution < -0.4 is 19.6 Å². The Morgan fingerprint density at radius 2 is 2.00 bits per heavy atom. The van der Waals surface area contributed by atoms with E-state index in [2.05, 4.69) is 20.9 Å². The Morgan fingerprint density at radius 1 is 1.27 bits per heavy atom. The molecule has 3 aromatic rings. The highest BCUT2D eigenvalue weighted by Crippen LogP contribution is 2.31. The summed E-state index contributed by atoms with van der Waals surface area (Å²) >= 11 is 4.67. The van der Waals surface area contributed by atoms with Crippen LogP contribution in [-0.2, 0) is 9.53 Å². The second kappa shape index (κ2) is 9.36. The first-order valence-electron chi connectivity index (χ1n) is 10.2. The van der Waals surface area contributed by atoms with Gasteiger partial charge in [0.15, 0.2) is 16.3 Å². The number of ether oxygens (including phenoxy) is 2. The predicted octanol–water partition coefficient (Wildman–Crippen LogP) is 3.28. The lowest BCUT2D eigenvalue weighted by Crippen LogP contribution is -2.39. The van der Waals surface area contributed by atoms with Crippen LogP contribution in [-0.4, -0.2) is 29.4 Å². The van der Waals surface area contributed by atoms with Gasteiger partial charge in [0.25, 0.3) is 5.56 Å². The van der Waals surface area contributed by atoms with Crippen molar-refractivity contribution in [3.05, 3.63) is 89.0 Å². The minimum atomic E-state index is -0.662. The van der Waals surface area contributed by atoms with Gasteiger partial charge in [0, 0.05) is 4.47 Å². The molecule has 1 aliphatic rings. The maximum Gasteiger partial charge on any atom is 0.338 e. The maximum absolute atomic E-state index is 13.5. The molecule has 0 saturated carbocycles. The zero-order valence-electron chi connectivity index (χ0n) is 18.2. The lowest BCUT2D eigenvalue weighted by atomic mass is 9.96. The van der Waals surface area contributed by atoms with Crippen LogP contribution in [0.15, 0.2) is 68.0 Å². The fourth-order valence-corrected chi connectivity index (χ4v) is 5.00. The van der Waals surface area contributed by atoms with E-state index in [9.17, 15) is 14.7 Å². The van der Waals surface area contributed by atoms with E-state index in [4.69, 9.17) is 9.47 Å². The van der Waals surface area contributed by atoms with Gasteiger partial charge >= 0.3 is 5.97 Å². The Hall–Kier alpha value is -3.17. The number of carbonyl (C=O) groups excluding carboxylic acids is 1. The second-order valence-corrected chi connectivity index (χ2v) is 9.21. The van der Waals surface area contributed by atoms with Crippen LogP contribution in [0.25, 0.3) is 6.08 Å². The maximum atomic E-state index is 13.5. The normalized spacial score (nSPS) is 15.8. The molecule has 1 aromatic heterocycles. The van der Waals surface area contributed by atoms with Gasteiger partial charge in [-0.25, -0.2) is 9.79 Å². The predicted molar refractivity (Wildman–Crippen MR) is 129 cm³/mol. The van der Waals surface area contributed by atoms with Crippen molar-refractivity contribution in [2.75, 3.05) is 13.7 Å². The van der Waals surface area contributed by atoms with Crippen LogP contribution in [0.4, 0.5) is 0 Å². The lowest BCUT2D eigenvalue weighted by Gasteiger charge is -2.24. The van der Waals surface area contributed by atoms with Gasteiger partial charge in [-0.1, -0.05) is 45.5 Å². The first kappa shape index (κ1) is 23.0. The summed E-state index contributed by atoms with van der Waals surface area (Å²) in [6.45, 7) is 3.71. The lowest BCUT2D eigenvalue weighted by molar-refractivity contribution is -0.139. The van der Waals surface area contributed by atoms with Crippen molar-refractivity contribution in [2.45, 2.75) is 19.9 Å². The summed E-state index contributed by atoms with van der Waals surface area (Å²) in [5.74, 6) is -0.171. The quantitative estimate of drug-likeness (QED) is 0.513. The molecule has 1 aliphatic heterocycles. The number of phenolic OH excluding ortho intramolecular Hbond substituents is 1. The number of esters is 1. The SMILES string of the molecule is CCOC(=O)C1=C(C)N=c2sc(=Cc3ccc(O)c(OC)c3)c(=O)n2[C@H]1c1ccc(Br)cc1. The fourth-order valence-electron chi connectivity index (χ4n) is 3.69. The van der Waals surface area contributed by atoms with Gasteiger partial charge in [-0.05, 0) is 55.3 Å². The minimum absolute atomic E-state index is 0.0149. The molecule has 7 nitrogen and oxygen atoms in total. The summed E-state index contributed by atoms with van der Waals surface area (Å²) in [7, 11) is 1.46. The molecule has 4 rings (SSSR count). The zero-order valence-corrected chi connectivity index (χ0v) is 20.6. The van der Waals surface area contributed by atoms with Crippen molar-refractivity contribution < 1.29 is 19.4 Å². The zero-order chi connectivity index (χ0) is 23.7. The van der Waals surface area contributed by atoms with E-state index >= 15 is 0 Å². The van der Waals surface area contributed by atoms with E-state index < -0.39 is 12.0 Å². The first-order valence-corrected chi connectivity index (χ1v) is 11.8. The highest BCUT2D eigenvalue weighted by molar-refractivity contribution is 9.10. The van der Waals surface area contributed by atoms with E-state index in [0.29, 0.717) is 31.9 Å². The van der Waals surface area contributed by atoms with E-state index in [1.807, 2.05) is 24.3 Å². The summed E-state index contributed by atoms with van der Waals surface area (Å²) in [6.07, 6.45) is 1.72. The third-order valence-electron chi connectivity index (χ3n) is 5.20. The smallest absolute Gasteiger partial charge is 0.338 e. The molecule has 0 aliphatic carbocycles. The summed E-state index contributed by atoms with van der Waals surface area (Å²) in [6, 6.07) is 11.7. The summed E-state index contributed by atoms with van der Waals surface area (Å²) in [4.78, 5) is 31.5. The van der Waals surface area contributed by atoms with Crippen molar-refractivity contribution >= 4 is 39.3 Å². The molecule has 0 saturated heterocycles. The number of carbonyl (C=O) groups is 1. The molecule has 1 N–H and O–H groups in total. The second-order valence-electron chi connectivity index (χ2n) is 7.29. The highest BCUT2D eigenvalue weighted by atomic mass is 79.9. The number of hydrogen-bond acceptors (Lipinski definition) is 7. The van der Waals surface area contributed by atoms with Crippen molar-refractivity contribution in [3.63, 3.8) is 0 Å². The number of methoxy groups -OCH3 is 1. The number of aromatic nitrogens is 1. The van der Waals surface area contributed by atoms with Crippen molar-refractivity contribution in [1.29, 1.82) is 0 Å². The number of phenols is 1. The standard InChI is InChI=1S/C24H21BrN2O5S/c1-4-32-23(30)20-13(2)26-24-27(21(20)15-6-8-16(25)9-7-15)22(29)19(33-24)12-14-5-10-17(28)18(11-14)31-3/h5-12,21,28H,4H2,1-3H3/t21-/m0/s1. The van der Waals surface area contributed by atoms with Crippen LogP contribution in [0.2, 0.25) is 0 Å². The van der Waals surface area contributed by atoms with Gasteiger partial charge in [-0.15, -0.1) is 0 Å². The monoisotopic (exact) mass is 528 g/mol. The molecule has 0 radical (unpaired) electrons.